The Morgan fingerprint density at radius 1 is 1.12 bits per heavy atom. The minimum atomic E-state index is -0.160. The van der Waals surface area contributed by atoms with Gasteiger partial charge >= 0.3 is 0 Å². The second-order valence-corrected chi connectivity index (χ2v) is 8.94. The third-order valence-electron chi connectivity index (χ3n) is 5.55. The molecule has 0 bridgehead atoms. The van der Waals surface area contributed by atoms with Crippen molar-refractivity contribution in [2.45, 2.75) is 57.1 Å². The fourth-order valence-corrected chi connectivity index (χ4v) is 4.42. The van der Waals surface area contributed by atoms with Crippen LogP contribution in [-0.2, 0) is 17.1 Å². The van der Waals surface area contributed by atoms with E-state index in [0.717, 1.165) is 22.8 Å². The molecule has 2 heterocycles. The Hall–Kier alpha value is -3.13. The number of nitrogens with zero attached hydrogens (tertiary/aromatic N) is 4. The van der Waals surface area contributed by atoms with Crippen LogP contribution >= 0.6 is 11.8 Å². The molecule has 0 spiro atoms. The molecule has 8 heteroatoms. The molecule has 0 aliphatic heterocycles. The lowest BCUT2D eigenvalue weighted by Gasteiger charge is -2.13. The molecule has 0 saturated heterocycles. The number of nitrogens with one attached hydrogen (secondary N) is 1. The van der Waals surface area contributed by atoms with Crippen molar-refractivity contribution in [2.75, 3.05) is 0 Å². The molecule has 0 aliphatic rings. The zero-order chi connectivity index (χ0) is 22.7. The van der Waals surface area contributed by atoms with E-state index in [2.05, 4.69) is 46.7 Å². The van der Waals surface area contributed by atoms with Crippen LogP contribution < -0.4 is 10.9 Å². The number of amides is 1. The number of thioether (sulfide) groups is 1. The summed E-state index contributed by atoms with van der Waals surface area (Å²) in [4.78, 5) is 25.5. The van der Waals surface area contributed by atoms with E-state index in [0.29, 0.717) is 11.2 Å². The lowest BCUT2D eigenvalue weighted by atomic mass is 10.2. The fraction of sp³-hybridized carbons (Fsp3) is 0.333. The van der Waals surface area contributed by atoms with E-state index in [4.69, 9.17) is 0 Å². The monoisotopic (exact) mass is 449 g/mol. The Morgan fingerprint density at radius 3 is 2.62 bits per heavy atom. The van der Waals surface area contributed by atoms with Crippen molar-refractivity contribution in [3.8, 4) is 0 Å². The molecule has 0 radical (unpaired) electrons. The first kappa shape index (κ1) is 22.1. The minimum Gasteiger partial charge on any atom is -0.354 e. The summed E-state index contributed by atoms with van der Waals surface area (Å²) in [7, 11) is 0. The van der Waals surface area contributed by atoms with Crippen LogP contribution in [0.15, 0.2) is 58.5 Å². The zero-order valence-electron chi connectivity index (χ0n) is 18.5. The molecule has 2 aromatic heterocycles. The van der Waals surface area contributed by atoms with E-state index in [1.165, 1.54) is 11.1 Å². The summed E-state index contributed by atoms with van der Waals surface area (Å²) >= 11 is 1.58. The van der Waals surface area contributed by atoms with Gasteiger partial charge in [0.15, 0.2) is 5.16 Å². The number of para-hydroxylation sites is 1. The number of rotatable bonds is 8. The van der Waals surface area contributed by atoms with Gasteiger partial charge in [0.05, 0.1) is 10.9 Å². The molecule has 0 fully saturated rings. The van der Waals surface area contributed by atoms with Crippen LogP contribution in [0, 0.1) is 6.92 Å². The van der Waals surface area contributed by atoms with Gasteiger partial charge < -0.3 is 5.32 Å². The summed E-state index contributed by atoms with van der Waals surface area (Å²) in [5.41, 5.74) is 3.02. The Balaban J connectivity index is 1.69. The van der Waals surface area contributed by atoms with Gasteiger partial charge in [-0.25, -0.2) is 0 Å². The van der Waals surface area contributed by atoms with Crippen LogP contribution in [-0.4, -0.2) is 31.1 Å². The van der Waals surface area contributed by atoms with Crippen LogP contribution in [0.25, 0.3) is 16.7 Å². The first-order valence-corrected chi connectivity index (χ1v) is 11.8. The maximum atomic E-state index is 13.2. The molecule has 0 unspecified atom stereocenters. The average Bonchev–Trinajstić information content (AvgIpc) is 3.22. The standard InChI is InChI=1S/C24H27N5O2S/c1-4-17(3)25-21(30)13-14-28-22(31)19-7-5-6-8-20(19)29-23(28)26-27-24(29)32-15-18-11-9-16(2)10-12-18/h5-12,17H,4,13-15H2,1-3H3,(H,25,30)/t17-/m1/s1. The molecular formula is C24H27N5O2S. The first-order valence-electron chi connectivity index (χ1n) is 10.8. The molecular weight excluding hydrogens is 422 g/mol. The maximum Gasteiger partial charge on any atom is 0.262 e. The summed E-state index contributed by atoms with van der Waals surface area (Å²) in [5, 5.41) is 13.0. The van der Waals surface area contributed by atoms with Crippen LogP contribution in [0.4, 0.5) is 0 Å². The van der Waals surface area contributed by atoms with Crippen molar-refractivity contribution >= 4 is 34.3 Å². The van der Waals surface area contributed by atoms with E-state index >= 15 is 0 Å². The quantitative estimate of drug-likeness (QED) is 0.412. The van der Waals surface area contributed by atoms with Gasteiger partial charge in [0.25, 0.3) is 5.56 Å². The fourth-order valence-electron chi connectivity index (χ4n) is 3.52. The van der Waals surface area contributed by atoms with Gasteiger partial charge in [-0.2, -0.15) is 0 Å². The van der Waals surface area contributed by atoms with E-state index in [9.17, 15) is 9.59 Å². The summed E-state index contributed by atoms with van der Waals surface area (Å²) in [6.07, 6.45) is 1.06. The summed E-state index contributed by atoms with van der Waals surface area (Å²) < 4.78 is 3.48. The Morgan fingerprint density at radius 2 is 1.88 bits per heavy atom. The number of aromatic nitrogens is 4. The SMILES string of the molecule is CC[C@@H](C)NC(=O)CCn1c(=O)c2ccccc2n2c(SCc3ccc(C)cc3)nnc12. The normalized spacial score (nSPS) is 12.3. The number of carbonyl (C=O) groups excluding carboxylic acids is 1. The molecule has 0 saturated carbocycles. The largest absolute Gasteiger partial charge is 0.354 e. The van der Waals surface area contributed by atoms with Crippen molar-refractivity contribution in [1.82, 2.24) is 24.5 Å². The molecule has 1 atom stereocenters. The van der Waals surface area contributed by atoms with E-state index in [1.807, 2.05) is 36.4 Å². The molecule has 166 valence electrons. The minimum absolute atomic E-state index is 0.0777. The van der Waals surface area contributed by atoms with Gasteiger partial charge in [0.2, 0.25) is 11.7 Å². The number of hydrogen-bond acceptors (Lipinski definition) is 5. The zero-order valence-corrected chi connectivity index (χ0v) is 19.4. The highest BCUT2D eigenvalue weighted by molar-refractivity contribution is 7.98. The predicted octanol–water partition coefficient (Wildman–Crippen LogP) is 3.95. The highest BCUT2D eigenvalue weighted by Gasteiger charge is 2.17. The third kappa shape index (κ3) is 4.55. The van der Waals surface area contributed by atoms with Crippen molar-refractivity contribution < 1.29 is 4.79 Å². The lowest BCUT2D eigenvalue weighted by Crippen LogP contribution is -2.33. The Labute approximate surface area is 190 Å². The molecule has 0 aliphatic carbocycles. The molecule has 1 amide bonds. The van der Waals surface area contributed by atoms with Gasteiger partial charge in [0.1, 0.15) is 0 Å². The second kappa shape index (κ2) is 9.56. The van der Waals surface area contributed by atoms with E-state index in [-0.39, 0.29) is 30.5 Å². The van der Waals surface area contributed by atoms with Crippen LogP contribution in [0.3, 0.4) is 0 Å². The number of carbonyl (C=O) groups is 1. The van der Waals surface area contributed by atoms with Crippen molar-refractivity contribution in [2.24, 2.45) is 0 Å². The van der Waals surface area contributed by atoms with Crippen molar-refractivity contribution in [1.29, 1.82) is 0 Å². The number of aryl methyl sites for hydroxylation is 2. The third-order valence-corrected chi connectivity index (χ3v) is 6.55. The number of hydrogen-bond donors (Lipinski definition) is 1. The van der Waals surface area contributed by atoms with Gasteiger partial charge in [-0.3, -0.25) is 18.6 Å². The molecule has 2 aromatic carbocycles. The topological polar surface area (TPSA) is 81.3 Å². The average molecular weight is 450 g/mol. The molecule has 4 rings (SSSR count). The van der Waals surface area contributed by atoms with Crippen LogP contribution in [0.1, 0.15) is 37.8 Å². The van der Waals surface area contributed by atoms with Crippen molar-refractivity contribution in [3.05, 3.63) is 70.0 Å². The number of fused-ring (bicyclic) bond motifs is 3. The molecule has 32 heavy (non-hydrogen) atoms. The first-order chi connectivity index (χ1) is 15.5. The van der Waals surface area contributed by atoms with E-state index in [1.54, 1.807) is 22.4 Å². The number of benzene rings is 2. The second-order valence-electron chi connectivity index (χ2n) is 7.99. The van der Waals surface area contributed by atoms with Gasteiger partial charge in [-0.15, -0.1) is 10.2 Å². The summed E-state index contributed by atoms with van der Waals surface area (Å²) in [6, 6.07) is 16.0. The smallest absolute Gasteiger partial charge is 0.262 e. The van der Waals surface area contributed by atoms with Gasteiger partial charge in [-0.1, -0.05) is 60.6 Å². The Bertz CT molecular complexity index is 1310. The van der Waals surface area contributed by atoms with E-state index < -0.39 is 0 Å². The Kier molecular flexibility index (Phi) is 6.60. The van der Waals surface area contributed by atoms with Crippen molar-refractivity contribution in [3.63, 3.8) is 0 Å². The molecule has 7 nitrogen and oxygen atoms in total. The highest BCUT2D eigenvalue weighted by atomic mass is 32.2. The maximum absolute atomic E-state index is 13.2. The van der Waals surface area contributed by atoms with Gasteiger partial charge in [-0.05, 0) is 38.0 Å². The van der Waals surface area contributed by atoms with Gasteiger partial charge in [0, 0.05) is 24.8 Å². The molecule has 1 N–H and O–H groups in total. The lowest BCUT2D eigenvalue weighted by molar-refractivity contribution is -0.121. The van der Waals surface area contributed by atoms with Crippen LogP contribution in [0.5, 0.6) is 0 Å². The highest BCUT2D eigenvalue weighted by Crippen LogP contribution is 2.25. The summed E-state index contributed by atoms with van der Waals surface area (Å²) in [5.74, 6) is 1.12. The van der Waals surface area contributed by atoms with Crippen LogP contribution in [0.2, 0.25) is 0 Å². The summed E-state index contributed by atoms with van der Waals surface area (Å²) in [6.45, 7) is 6.30. The predicted molar refractivity (Wildman–Crippen MR) is 128 cm³/mol. The molecule has 4 aromatic rings.